The minimum absolute atomic E-state index is 0.138. The minimum Gasteiger partial charge on any atom is -0.491 e. The fourth-order valence-electron chi connectivity index (χ4n) is 1.80. The molecule has 4 nitrogen and oxygen atoms in total. The molecule has 1 N–H and O–H groups in total. The second kappa shape index (κ2) is 5.61. The highest BCUT2D eigenvalue weighted by molar-refractivity contribution is 5.86. The largest absolute Gasteiger partial charge is 0.491 e. The third-order valence-electron chi connectivity index (χ3n) is 2.98. The van der Waals surface area contributed by atoms with E-state index in [1.165, 1.54) is 0 Å². The molecule has 0 saturated carbocycles. The zero-order chi connectivity index (χ0) is 13.8. The van der Waals surface area contributed by atoms with Crippen LogP contribution in [0.5, 0.6) is 5.75 Å². The number of nitrogens with zero attached hydrogens (tertiary/aromatic N) is 1. The number of carboxylic acid groups (broad SMARTS) is 1. The van der Waals surface area contributed by atoms with Crippen LogP contribution in [0, 0.1) is 0 Å². The Hall–Kier alpha value is -2.23. The number of ether oxygens (including phenoxy) is 1. The van der Waals surface area contributed by atoms with Gasteiger partial charge in [-0.05, 0) is 37.6 Å². The fourth-order valence-corrected chi connectivity index (χ4v) is 1.80. The van der Waals surface area contributed by atoms with Crippen molar-refractivity contribution in [2.45, 2.75) is 26.4 Å². The molecule has 1 aromatic carbocycles. The predicted octanol–water partition coefficient (Wildman–Crippen LogP) is 3.35. The van der Waals surface area contributed by atoms with Gasteiger partial charge in [0.1, 0.15) is 11.4 Å². The van der Waals surface area contributed by atoms with E-state index in [0.29, 0.717) is 0 Å². The topological polar surface area (TPSA) is 51.5 Å². The Balaban J connectivity index is 2.32. The number of aromatic carboxylic acids is 1. The number of rotatable bonds is 5. The summed E-state index contributed by atoms with van der Waals surface area (Å²) in [4.78, 5) is 11.1. The number of carbonyl (C=O) groups is 1. The molecule has 0 spiro atoms. The van der Waals surface area contributed by atoms with Crippen molar-refractivity contribution < 1.29 is 14.6 Å². The molecule has 0 aliphatic carbocycles. The Labute approximate surface area is 112 Å². The van der Waals surface area contributed by atoms with Crippen LogP contribution in [0.4, 0.5) is 0 Å². The molecule has 0 bridgehead atoms. The maximum absolute atomic E-state index is 11.1. The number of hydrogen-bond acceptors (Lipinski definition) is 2. The van der Waals surface area contributed by atoms with Gasteiger partial charge >= 0.3 is 5.97 Å². The van der Waals surface area contributed by atoms with Gasteiger partial charge in [0.15, 0.2) is 0 Å². The van der Waals surface area contributed by atoms with Gasteiger partial charge in [-0.15, -0.1) is 0 Å². The predicted molar refractivity (Wildman–Crippen MR) is 73.1 cm³/mol. The van der Waals surface area contributed by atoms with E-state index >= 15 is 0 Å². The lowest BCUT2D eigenvalue weighted by Gasteiger charge is -2.14. The number of benzene rings is 1. The van der Waals surface area contributed by atoms with E-state index in [9.17, 15) is 4.79 Å². The molecule has 1 heterocycles. The average Bonchev–Trinajstić information content (AvgIpc) is 2.88. The van der Waals surface area contributed by atoms with Crippen LogP contribution in [-0.2, 0) is 0 Å². The number of carboxylic acids is 1. The van der Waals surface area contributed by atoms with Crippen LogP contribution in [0.15, 0.2) is 42.6 Å². The average molecular weight is 259 g/mol. The van der Waals surface area contributed by atoms with Crippen LogP contribution in [0.25, 0.3) is 5.69 Å². The monoisotopic (exact) mass is 259 g/mol. The van der Waals surface area contributed by atoms with Crippen LogP contribution in [0.3, 0.4) is 0 Å². The van der Waals surface area contributed by atoms with Crippen molar-refractivity contribution in [2.75, 3.05) is 0 Å². The molecule has 1 unspecified atom stereocenters. The normalized spacial score (nSPS) is 12.1. The molecule has 100 valence electrons. The van der Waals surface area contributed by atoms with Gasteiger partial charge in [0, 0.05) is 18.0 Å². The SMILES string of the molecule is CCC(C)Oc1cccc(-n2cccc2C(=O)O)c1. The van der Waals surface area contributed by atoms with Crippen molar-refractivity contribution in [2.24, 2.45) is 0 Å². The molecule has 4 heteroatoms. The summed E-state index contributed by atoms with van der Waals surface area (Å²) in [7, 11) is 0. The summed E-state index contributed by atoms with van der Waals surface area (Å²) < 4.78 is 7.37. The quantitative estimate of drug-likeness (QED) is 0.895. The first-order chi connectivity index (χ1) is 9.11. The first-order valence-corrected chi connectivity index (χ1v) is 6.29. The Morgan fingerprint density at radius 3 is 2.84 bits per heavy atom. The highest BCUT2D eigenvalue weighted by Crippen LogP contribution is 2.20. The molecule has 19 heavy (non-hydrogen) atoms. The van der Waals surface area contributed by atoms with E-state index in [2.05, 4.69) is 6.92 Å². The van der Waals surface area contributed by atoms with Crippen LogP contribution >= 0.6 is 0 Å². The molecule has 0 aliphatic rings. The third kappa shape index (κ3) is 2.96. The van der Waals surface area contributed by atoms with E-state index < -0.39 is 5.97 Å². The van der Waals surface area contributed by atoms with Crippen molar-refractivity contribution in [3.05, 3.63) is 48.3 Å². The summed E-state index contributed by atoms with van der Waals surface area (Å²) in [5, 5.41) is 9.12. The van der Waals surface area contributed by atoms with Crippen LogP contribution in [0.1, 0.15) is 30.8 Å². The van der Waals surface area contributed by atoms with Gasteiger partial charge in [0.25, 0.3) is 0 Å². The van der Waals surface area contributed by atoms with Crippen molar-refractivity contribution in [1.29, 1.82) is 0 Å². The highest BCUT2D eigenvalue weighted by Gasteiger charge is 2.10. The zero-order valence-corrected chi connectivity index (χ0v) is 11.0. The second-order valence-electron chi connectivity index (χ2n) is 4.40. The van der Waals surface area contributed by atoms with E-state index in [1.807, 2.05) is 31.2 Å². The summed E-state index contributed by atoms with van der Waals surface area (Å²) in [6, 6.07) is 10.7. The molecule has 1 atom stereocenters. The van der Waals surface area contributed by atoms with Crippen molar-refractivity contribution in [3.63, 3.8) is 0 Å². The summed E-state index contributed by atoms with van der Waals surface area (Å²) in [6.45, 7) is 4.06. The van der Waals surface area contributed by atoms with Gasteiger partial charge in [-0.1, -0.05) is 13.0 Å². The standard InChI is InChI=1S/C15H17NO3/c1-3-11(2)19-13-7-4-6-12(10-13)16-9-5-8-14(16)15(17)18/h4-11H,3H2,1-2H3,(H,17,18). The third-order valence-corrected chi connectivity index (χ3v) is 2.98. The Kier molecular flexibility index (Phi) is 3.90. The highest BCUT2D eigenvalue weighted by atomic mass is 16.5. The van der Waals surface area contributed by atoms with Crippen LogP contribution in [-0.4, -0.2) is 21.7 Å². The van der Waals surface area contributed by atoms with Gasteiger partial charge in [-0.3, -0.25) is 0 Å². The maximum Gasteiger partial charge on any atom is 0.352 e. The molecular weight excluding hydrogens is 242 g/mol. The minimum atomic E-state index is -0.946. The molecule has 0 radical (unpaired) electrons. The summed E-state index contributed by atoms with van der Waals surface area (Å²) in [5.41, 5.74) is 1.02. The first kappa shape index (κ1) is 13.2. The fraction of sp³-hybridized carbons (Fsp3) is 0.267. The molecule has 2 aromatic rings. The van der Waals surface area contributed by atoms with Gasteiger partial charge in [0.2, 0.25) is 0 Å². The number of aromatic nitrogens is 1. The van der Waals surface area contributed by atoms with E-state index in [0.717, 1.165) is 17.9 Å². The lowest BCUT2D eigenvalue weighted by Crippen LogP contribution is -2.10. The summed E-state index contributed by atoms with van der Waals surface area (Å²) in [5.74, 6) is -0.199. The molecule has 0 fully saturated rings. The lowest BCUT2D eigenvalue weighted by atomic mass is 10.2. The van der Waals surface area contributed by atoms with Crippen LogP contribution < -0.4 is 4.74 Å². The molecular formula is C15H17NO3. The summed E-state index contributed by atoms with van der Waals surface area (Å²) >= 11 is 0. The van der Waals surface area contributed by atoms with Crippen LogP contribution in [0.2, 0.25) is 0 Å². The molecule has 1 aromatic heterocycles. The van der Waals surface area contributed by atoms with Gasteiger partial charge < -0.3 is 14.4 Å². The van der Waals surface area contributed by atoms with E-state index in [4.69, 9.17) is 9.84 Å². The summed E-state index contributed by atoms with van der Waals surface area (Å²) in [6.07, 6.45) is 2.79. The van der Waals surface area contributed by atoms with Crippen molar-refractivity contribution in [1.82, 2.24) is 4.57 Å². The first-order valence-electron chi connectivity index (χ1n) is 6.29. The molecule has 0 amide bonds. The Bertz CT molecular complexity index is 574. The van der Waals surface area contributed by atoms with Gasteiger partial charge in [-0.2, -0.15) is 0 Å². The molecule has 0 aliphatic heterocycles. The zero-order valence-electron chi connectivity index (χ0n) is 11.0. The van der Waals surface area contributed by atoms with Gasteiger partial charge in [-0.25, -0.2) is 4.79 Å². The Morgan fingerprint density at radius 2 is 2.16 bits per heavy atom. The lowest BCUT2D eigenvalue weighted by molar-refractivity contribution is 0.0688. The van der Waals surface area contributed by atoms with E-state index in [1.54, 1.807) is 22.9 Å². The van der Waals surface area contributed by atoms with Crippen molar-refractivity contribution in [3.8, 4) is 11.4 Å². The maximum atomic E-state index is 11.1. The number of hydrogen-bond donors (Lipinski definition) is 1. The van der Waals surface area contributed by atoms with Crippen molar-refractivity contribution >= 4 is 5.97 Å². The molecule has 2 rings (SSSR count). The molecule has 0 saturated heterocycles. The second-order valence-corrected chi connectivity index (χ2v) is 4.40. The smallest absolute Gasteiger partial charge is 0.352 e. The van der Waals surface area contributed by atoms with E-state index in [-0.39, 0.29) is 11.8 Å². The Morgan fingerprint density at radius 1 is 1.37 bits per heavy atom. The van der Waals surface area contributed by atoms with Gasteiger partial charge in [0.05, 0.1) is 6.10 Å².